The molecule has 0 heterocycles. The Hall–Kier alpha value is -0.890. The van der Waals surface area contributed by atoms with E-state index in [1.807, 2.05) is 6.07 Å². The Balaban J connectivity index is 1.97. The molecule has 0 spiro atoms. The first-order valence-electron chi connectivity index (χ1n) is 5.63. The van der Waals surface area contributed by atoms with Crippen molar-refractivity contribution in [3.63, 3.8) is 0 Å². The van der Waals surface area contributed by atoms with Crippen LogP contribution in [0.5, 0.6) is 0 Å². The lowest BCUT2D eigenvalue weighted by molar-refractivity contribution is 0.105. The molecule has 0 aromatic heterocycles. The molecule has 0 radical (unpaired) electrons. The summed E-state index contributed by atoms with van der Waals surface area (Å²) in [5, 5.41) is 10.4. The first-order valence-corrected chi connectivity index (χ1v) is 5.63. The lowest BCUT2D eigenvalue weighted by atomic mass is 9.98. The fraction of sp³-hybridized carbons (Fsp3) is 0.538. The molecule has 2 fully saturated rings. The van der Waals surface area contributed by atoms with Crippen molar-refractivity contribution in [3.05, 3.63) is 35.1 Å². The van der Waals surface area contributed by atoms with Gasteiger partial charge in [0.05, 0.1) is 5.60 Å². The molecule has 2 aliphatic rings. The monoisotopic (exact) mass is 206 g/mol. The Morgan fingerprint density at radius 1 is 1.33 bits per heavy atom. The van der Waals surface area contributed by atoms with Crippen LogP contribution in [0, 0.1) is 24.6 Å². The standard InChI is InChI=1S/C13H15FO/c1-8-5-6-9(7-12(8)14)13(15)10-3-2-4-11(10)13/h5-7,10-11,15H,2-4H2,1H3. The third-order valence-electron chi connectivity index (χ3n) is 4.17. The summed E-state index contributed by atoms with van der Waals surface area (Å²) in [5.41, 5.74) is 0.723. The fourth-order valence-corrected chi connectivity index (χ4v) is 3.19. The summed E-state index contributed by atoms with van der Waals surface area (Å²) in [5.74, 6) is 0.574. The molecule has 2 heteroatoms. The third-order valence-corrected chi connectivity index (χ3v) is 4.17. The van der Waals surface area contributed by atoms with Gasteiger partial charge in [-0.25, -0.2) is 4.39 Å². The zero-order valence-corrected chi connectivity index (χ0v) is 8.83. The number of fused-ring (bicyclic) bond motifs is 1. The van der Waals surface area contributed by atoms with Gasteiger partial charge in [0, 0.05) is 0 Å². The second-order valence-electron chi connectivity index (χ2n) is 4.93. The molecule has 2 unspecified atom stereocenters. The molecule has 1 aromatic rings. The Bertz CT molecular complexity index is 403. The summed E-state index contributed by atoms with van der Waals surface area (Å²) < 4.78 is 13.4. The number of benzene rings is 1. The van der Waals surface area contributed by atoms with Gasteiger partial charge in [0.25, 0.3) is 0 Å². The molecule has 1 N–H and O–H groups in total. The molecule has 15 heavy (non-hydrogen) atoms. The maximum Gasteiger partial charge on any atom is 0.126 e. The van der Waals surface area contributed by atoms with Gasteiger partial charge in [0.15, 0.2) is 0 Å². The molecule has 80 valence electrons. The molecule has 0 bridgehead atoms. The first-order chi connectivity index (χ1) is 7.14. The van der Waals surface area contributed by atoms with E-state index in [4.69, 9.17) is 0 Å². The second kappa shape index (κ2) is 2.82. The minimum Gasteiger partial charge on any atom is -0.385 e. The lowest BCUT2D eigenvalue weighted by Gasteiger charge is -2.15. The van der Waals surface area contributed by atoms with E-state index in [1.54, 1.807) is 13.0 Å². The summed E-state index contributed by atoms with van der Waals surface area (Å²) >= 11 is 0. The zero-order chi connectivity index (χ0) is 10.6. The highest BCUT2D eigenvalue weighted by Crippen LogP contribution is 2.66. The van der Waals surface area contributed by atoms with Crippen LogP contribution in [0.4, 0.5) is 4.39 Å². The molecular formula is C13H15FO. The highest BCUT2D eigenvalue weighted by Gasteiger charge is 2.66. The molecule has 0 amide bonds. The normalized spacial score (nSPS) is 37.8. The summed E-state index contributed by atoms with van der Waals surface area (Å²) in [7, 11) is 0. The van der Waals surface area contributed by atoms with Crippen LogP contribution in [-0.4, -0.2) is 5.11 Å². The summed E-state index contributed by atoms with van der Waals surface area (Å²) in [4.78, 5) is 0. The van der Waals surface area contributed by atoms with Crippen molar-refractivity contribution >= 4 is 0 Å². The maximum absolute atomic E-state index is 13.4. The topological polar surface area (TPSA) is 20.2 Å². The van der Waals surface area contributed by atoms with Crippen molar-refractivity contribution in [1.29, 1.82) is 0 Å². The van der Waals surface area contributed by atoms with E-state index in [-0.39, 0.29) is 5.82 Å². The average Bonchev–Trinajstić information content (AvgIpc) is 2.66. The summed E-state index contributed by atoms with van der Waals surface area (Å²) in [6.45, 7) is 1.75. The highest BCUT2D eigenvalue weighted by atomic mass is 19.1. The first kappa shape index (κ1) is 9.34. The van der Waals surface area contributed by atoms with Crippen molar-refractivity contribution in [3.8, 4) is 0 Å². The Morgan fingerprint density at radius 2 is 2.00 bits per heavy atom. The molecule has 2 atom stereocenters. The van der Waals surface area contributed by atoms with Crippen LogP contribution in [0.2, 0.25) is 0 Å². The van der Waals surface area contributed by atoms with Crippen LogP contribution in [0.15, 0.2) is 18.2 Å². The molecule has 0 aliphatic heterocycles. The van der Waals surface area contributed by atoms with Crippen LogP contribution >= 0.6 is 0 Å². The second-order valence-corrected chi connectivity index (χ2v) is 4.93. The number of aliphatic hydroxyl groups is 1. The SMILES string of the molecule is Cc1ccc(C2(O)C3CCCC32)cc1F. The van der Waals surface area contributed by atoms with Crippen molar-refractivity contribution in [2.24, 2.45) is 11.8 Å². The molecular weight excluding hydrogens is 191 g/mol. The van der Waals surface area contributed by atoms with E-state index in [2.05, 4.69) is 0 Å². The Labute approximate surface area is 88.9 Å². The molecule has 2 saturated carbocycles. The van der Waals surface area contributed by atoms with E-state index in [0.29, 0.717) is 17.4 Å². The number of halogens is 1. The van der Waals surface area contributed by atoms with Gasteiger partial charge in [-0.15, -0.1) is 0 Å². The van der Waals surface area contributed by atoms with Crippen LogP contribution in [-0.2, 0) is 5.60 Å². The van der Waals surface area contributed by atoms with Gasteiger partial charge in [0.1, 0.15) is 5.82 Å². The van der Waals surface area contributed by atoms with Crippen molar-refractivity contribution in [2.75, 3.05) is 0 Å². The third kappa shape index (κ3) is 1.11. The van der Waals surface area contributed by atoms with E-state index in [9.17, 15) is 9.50 Å². The highest BCUT2D eigenvalue weighted by molar-refractivity contribution is 5.36. The fourth-order valence-electron chi connectivity index (χ4n) is 3.19. The van der Waals surface area contributed by atoms with Gasteiger partial charge in [0.2, 0.25) is 0 Å². The molecule has 2 aliphatic carbocycles. The smallest absolute Gasteiger partial charge is 0.126 e. The predicted octanol–water partition coefficient (Wildman–Crippen LogP) is 2.75. The Morgan fingerprint density at radius 3 is 2.60 bits per heavy atom. The van der Waals surface area contributed by atoms with Gasteiger partial charge in [-0.1, -0.05) is 18.6 Å². The van der Waals surface area contributed by atoms with Gasteiger partial charge in [-0.3, -0.25) is 0 Å². The van der Waals surface area contributed by atoms with Gasteiger partial charge >= 0.3 is 0 Å². The zero-order valence-electron chi connectivity index (χ0n) is 8.83. The maximum atomic E-state index is 13.4. The molecule has 3 rings (SSSR count). The van der Waals surface area contributed by atoms with Gasteiger partial charge in [-0.05, 0) is 48.8 Å². The van der Waals surface area contributed by atoms with E-state index >= 15 is 0 Å². The molecule has 1 nitrogen and oxygen atoms in total. The number of hydrogen-bond donors (Lipinski definition) is 1. The summed E-state index contributed by atoms with van der Waals surface area (Å²) in [6.07, 6.45) is 3.40. The van der Waals surface area contributed by atoms with E-state index in [0.717, 1.165) is 18.4 Å². The number of rotatable bonds is 1. The predicted molar refractivity (Wildman–Crippen MR) is 55.9 cm³/mol. The van der Waals surface area contributed by atoms with Crippen LogP contribution < -0.4 is 0 Å². The van der Waals surface area contributed by atoms with Crippen molar-refractivity contribution in [1.82, 2.24) is 0 Å². The van der Waals surface area contributed by atoms with Gasteiger partial charge in [-0.2, -0.15) is 0 Å². The number of hydrogen-bond acceptors (Lipinski definition) is 1. The molecule has 0 saturated heterocycles. The van der Waals surface area contributed by atoms with Crippen LogP contribution in [0.25, 0.3) is 0 Å². The van der Waals surface area contributed by atoms with Gasteiger partial charge < -0.3 is 5.11 Å². The largest absolute Gasteiger partial charge is 0.385 e. The minimum atomic E-state index is -0.702. The van der Waals surface area contributed by atoms with Crippen LogP contribution in [0.1, 0.15) is 30.4 Å². The van der Waals surface area contributed by atoms with E-state index in [1.165, 1.54) is 12.5 Å². The quantitative estimate of drug-likeness (QED) is 0.749. The average molecular weight is 206 g/mol. The lowest BCUT2D eigenvalue weighted by Crippen LogP contribution is -2.13. The summed E-state index contributed by atoms with van der Waals surface area (Å²) in [6, 6.07) is 5.14. The van der Waals surface area contributed by atoms with Crippen molar-refractivity contribution in [2.45, 2.75) is 31.8 Å². The van der Waals surface area contributed by atoms with Crippen molar-refractivity contribution < 1.29 is 9.50 Å². The van der Waals surface area contributed by atoms with Crippen LogP contribution in [0.3, 0.4) is 0 Å². The number of aryl methyl sites for hydroxylation is 1. The van der Waals surface area contributed by atoms with E-state index < -0.39 is 5.60 Å². The molecule has 1 aromatic carbocycles. The minimum absolute atomic E-state index is 0.203. The Kier molecular flexibility index (Phi) is 1.76.